The largest absolute Gasteiger partial charge is 0.357 e. The van der Waals surface area contributed by atoms with E-state index in [0.29, 0.717) is 23.5 Å². The van der Waals surface area contributed by atoms with Crippen LogP contribution in [0.5, 0.6) is 0 Å². The van der Waals surface area contributed by atoms with E-state index >= 15 is 0 Å². The molecule has 0 bridgehead atoms. The second kappa shape index (κ2) is 8.10. The molecule has 5 rings (SSSR count). The van der Waals surface area contributed by atoms with Crippen LogP contribution in [0.4, 0.5) is 0 Å². The Labute approximate surface area is 198 Å². The number of hydrogen-bond donors (Lipinski definition) is 0. The van der Waals surface area contributed by atoms with Crippen LogP contribution < -0.4 is 11.2 Å². The number of aryl methyl sites for hydroxylation is 1. The number of aromatic nitrogens is 3. The predicted molar refractivity (Wildman–Crippen MR) is 138 cm³/mol. The SMILES string of the molecule is CCc1ccccc1-n1c(=O)nc2n(-c3ccc(C(C)(C)C)cc3)c3ccccc3cc-2c1=O. The van der Waals surface area contributed by atoms with Gasteiger partial charge in [0.15, 0.2) is 5.82 Å². The highest BCUT2D eigenvalue weighted by Crippen LogP contribution is 2.30. The van der Waals surface area contributed by atoms with Gasteiger partial charge in [-0.1, -0.05) is 76.2 Å². The predicted octanol–water partition coefficient (Wildman–Crippen LogP) is 5.50. The minimum Gasteiger partial charge on any atom is -0.294 e. The number of pyridine rings is 1. The van der Waals surface area contributed by atoms with E-state index in [0.717, 1.165) is 22.2 Å². The fraction of sp³-hybridized carbons (Fsp3) is 0.207. The lowest BCUT2D eigenvalue weighted by Gasteiger charge is -2.22. The third-order valence-corrected chi connectivity index (χ3v) is 6.36. The highest BCUT2D eigenvalue weighted by molar-refractivity contribution is 5.87. The molecule has 0 radical (unpaired) electrons. The molecule has 0 aliphatic carbocycles. The maximum atomic E-state index is 13.7. The molecule has 5 nitrogen and oxygen atoms in total. The quantitative estimate of drug-likeness (QED) is 0.342. The molecule has 0 spiro atoms. The molecule has 5 heteroatoms. The molecule has 3 aromatic carbocycles. The molecule has 3 aromatic rings. The zero-order valence-electron chi connectivity index (χ0n) is 19.9. The van der Waals surface area contributed by atoms with Crippen LogP contribution in [0, 0.1) is 0 Å². The molecular formula is C29H27N3O2. The Morgan fingerprint density at radius 2 is 1.50 bits per heavy atom. The second-order valence-electron chi connectivity index (χ2n) is 9.59. The monoisotopic (exact) mass is 449 g/mol. The summed E-state index contributed by atoms with van der Waals surface area (Å²) in [7, 11) is 0. The molecular weight excluding hydrogens is 422 g/mol. The van der Waals surface area contributed by atoms with E-state index in [1.807, 2.05) is 72.2 Å². The van der Waals surface area contributed by atoms with Crippen molar-refractivity contribution >= 4 is 10.9 Å². The molecule has 0 N–H and O–H groups in total. The Kier molecular flexibility index (Phi) is 5.20. The van der Waals surface area contributed by atoms with Gasteiger partial charge < -0.3 is 0 Å². The van der Waals surface area contributed by atoms with Crippen molar-refractivity contribution in [1.82, 2.24) is 14.1 Å². The summed E-state index contributed by atoms with van der Waals surface area (Å²) >= 11 is 0. The van der Waals surface area contributed by atoms with E-state index in [1.54, 1.807) is 6.07 Å². The number of fused-ring (bicyclic) bond motifs is 2. The van der Waals surface area contributed by atoms with E-state index in [-0.39, 0.29) is 11.0 Å². The van der Waals surface area contributed by atoms with Crippen molar-refractivity contribution in [3.8, 4) is 22.8 Å². The number of rotatable bonds is 3. The molecule has 0 amide bonds. The van der Waals surface area contributed by atoms with Crippen molar-refractivity contribution in [3.05, 3.63) is 111 Å². The molecule has 170 valence electrons. The molecule has 2 heterocycles. The zero-order chi connectivity index (χ0) is 24.0. The Morgan fingerprint density at radius 1 is 0.824 bits per heavy atom. The smallest absolute Gasteiger partial charge is 0.294 e. The fourth-order valence-electron chi connectivity index (χ4n) is 4.50. The molecule has 0 aromatic heterocycles. The maximum absolute atomic E-state index is 13.7. The van der Waals surface area contributed by atoms with E-state index in [4.69, 9.17) is 0 Å². The van der Waals surface area contributed by atoms with E-state index < -0.39 is 5.69 Å². The van der Waals surface area contributed by atoms with Crippen molar-refractivity contribution in [1.29, 1.82) is 0 Å². The summed E-state index contributed by atoms with van der Waals surface area (Å²) in [5.74, 6) is 0.363. The van der Waals surface area contributed by atoms with Gasteiger partial charge in [0.25, 0.3) is 5.56 Å². The number of hydrogen-bond acceptors (Lipinski definition) is 3. The first-order valence-corrected chi connectivity index (χ1v) is 11.6. The van der Waals surface area contributed by atoms with Gasteiger partial charge in [-0.05, 0) is 58.7 Å². The molecule has 0 atom stereocenters. The Hall–Kier alpha value is -3.99. The first kappa shape index (κ1) is 21.8. The molecule has 0 saturated carbocycles. The van der Waals surface area contributed by atoms with Gasteiger partial charge in [0, 0.05) is 5.69 Å². The Balaban J connectivity index is 1.86. The first-order chi connectivity index (χ1) is 16.3. The third kappa shape index (κ3) is 3.54. The van der Waals surface area contributed by atoms with E-state index in [9.17, 15) is 9.59 Å². The van der Waals surface area contributed by atoms with Crippen molar-refractivity contribution < 1.29 is 0 Å². The molecule has 2 aliphatic heterocycles. The molecule has 2 aliphatic rings. The summed E-state index contributed by atoms with van der Waals surface area (Å²) in [6.45, 7) is 8.52. The van der Waals surface area contributed by atoms with Gasteiger partial charge >= 0.3 is 5.69 Å². The zero-order valence-corrected chi connectivity index (χ0v) is 19.9. The molecule has 0 saturated heterocycles. The highest BCUT2D eigenvalue weighted by Gasteiger charge is 2.22. The average molecular weight is 450 g/mol. The second-order valence-corrected chi connectivity index (χ2v) is 9.59. The van der Waals surface area contributed by atoms with Gasteiger partial charge in [-0.25, -0.2) is 9.36 Å². The standard InChI is InChI=1S/C29H27N3O2/c1-5-19-10-6-8-12-24(19)32-27(33)23-18-20-11-7-9-13-25(20)31(26(23)30-28(32)34)22-16-14-21(15-17-22)29(2,3)4/h6-18H,5H2,1-4H3. The summed E-state index contributed by atoms with van der Waals surface area (Å²) in [5, 5.41) is 0.905. The van der Waals surface area contributed by atoms with E-state index in [1.165, 1.54) is 10.1 Å². The van der Waals surface area contributed by atoms with Gasteiger partial charge in [-0.2, -0.15) is 4.98 Å². The van der Waals surface area contributed by atoms with Gasteiger partial charge in [-0.15, -0.1) is 0 Å². The van der Waals surface area contributed by atoms with Crippen LogP contribution >= 0.6 is 0 Å². The summed E-state index contributed by atoms with van der Waals surface area (Å²) in [6, 6.07) is 25.4. The minimum atomic E-state index is -0.575. The maximum Gasteiger partial charge on any atom is 0.357 e. The normalized spacial score (nSPS) is 11.9. The number of nitrogens with zero attached hydrogens (tertiary/aromatic N) is 3. The molecule has 34 heavy (non-hydrogen) atoms. The van der Waals surface area contributed by atoms with Crippen molar-refractivity contribution in [2.75, 3.05) is 0 Å². The molecule has 0 fully saturated rings. The first-order valence-electron chi connectivity index (χ1n) is 11.6. The van der Waals surface area contributed by atoms with Crippen LogP contribution in [-0.2, 0) is 11.8 Å². The highest BCUT2D eigenvalue weighted by atomic mass is 16.2. The van der Waals surface area contributed by atoms with Crippen LogP contribution in [-0.4, -0.2) is 14.1 Å². The summed E-state index contributed by atoms with van der Waals surface area (Å²) in [6.07, 6.45) is 0.706. The fourth-order valence-corrected chi connectivity index (χ4v) is 4.50. The van der Waals surface area contributed by atoms with Crippen molar-refractivity contribution in [3.63, 3.8) is 0 Å². The van der Waals surface area contributed by atoms with Crippen LogP contribution in [0.1, 0.15) is 38.8 Å². The lowest BCUT2D eigenvalue weighted by Crippen LogP contribution is -2.37. The van der Waals surface area contributed by atoms with E-state index in [2.05, 4.69) is 37.9 Å². The molecule has 0 unspecified atom stereocenters. The number of benzene rings is 3. The minimum absolute atomic E-state index is 0.0187. The topological polar surface area (TPSA) is 56.9 Å². The van der Waals surface area contributed by atoms with Gasteiger partial charge in [0.1, 0.15) is 0 Å². The van der Waals surface area contributed by atoms with Crippen LogP contribution in [0.3, 0.4) is 0 Å². The Bertz CT molecular complexity index is 1600. The van der Waals surface area contributed by atoms with Gasteiger partial charge in [0.05, 0.1) is 16.8 Å². The lowest BCUT2D eigenvalue weighted by atomic mass is 9.87. The lowest BCUT2D eigenvalue weighted by molar-refractivity contribution is 0.590. The summed E-state index contributed by atoms with van der Waals surface area (Å²) in [4.78, 5) is 31.5. The average Bonchev–Trinajstić information content (AvgIpc) is 2.83. The third-order valence-electron chi connectivity index (χ3n) is 6.36. The van der Waals surface area contributed by atoms with Crippen LogP contribution in [0.2, 0.25) is 0 Å². The van der Waals surface area contributed by atoms with Gasteiger partial charge in [0.2, 0.25) is 0 Å². The summed E-state index contributed by atoms with van der Waals surface area (Å²) in [5.41, 5.74) is 3.95. The number of para-hydroxylation sites is 2. The van der Waals surface area contributed by atoms with Gasteiger partial charge in [-0.3, -0.25) is 9.36 Å². The van der Waals surface area contributed by atoms with Crippen LogP contribution in [0.15, 0.2) is 88.5 Å². The summed E-state index contributed by atoms with van der Waals surface area (Å²) < 4.78 is 3.11. The Morgan fingerprint density at radius 3 is 2.21 bits per heavy atom. The van der Waals surface area contributed by atoms with Crippen LogP contribution in [0.25, 0.3) is 33.7 Å². The van der Waals surface area contributed by atoms with Crippen molar-refractivity contribution in [2.45, 2.75) is 39.5 Å². The van der Waals surface area contributed by atoms with Crippen molar-refractivity contribution in [2.24, 2.45) is 0 Å².